The first kappa shape index (κ1) is 12.0. The molecule has 1 rings (SSSR count). The molecule has 1 aliphatic heterocycles. The third kappa shape index (κ3) is 2.47. The van der Waals surface area contributed by atoms with E-state index in [1.54, 1.807) is 11.8 Å². The Hall–Kier alpha value is -1.10. The van der Waals surface area contributed by atoms with Crippen LogP contribution in [-0.2, 0) is 9.59 Å². The van der Waals surface area contributed by atoms with Crippen molar-refractivity contribution in [2.24, 2.45) is 5.41 Å². The molecule has 1 unspecified atom stereocenters. The molecule has 0 spiro atoms. The number of rotatable bonds is 4. The Morgan fingerprint density at radius 3 is 2.73 bits per heavy atom. The van der Waals surface area contributed by atoms with E-state index in [0.29, 0.717) is 19.6 Å². The number of likely N-dealkylation sites (N-methyl/N-ethyl adjacent to an activating group) is 1. The van der Waals surface area contributed by atoms with E-state index in [2.05, 4.69) is 5.32 Å². The van der Waals surface area contributed by atoms with Crippen molar-refractivity contribution in [3.63, 3.8) is 0 Å². The average Bonchev–Trinajstić information content (AvgIpc) is 2.55. The van der Waals surface area contributed by atoms with Gasteiger partial charge in [-0.15, -0.1) is 0 Å². The highest BCUT2D eigenvalue weighted by Gasteiger charge is 2.42. The number of carbonyl (C=O) groups is 2. The summed E-state index contributed by atoms with van der Waals surface area (Å²) in [5, 5.41) is 11.5. The van der Waals surface area contributed by atoms with E-state index >= 15 is 0 Å². The Morgan fingerprint density at radius 2 is 2.33 bits per heavy atom. The Morgan fingerprint density at radius 1 is 1.67 bits per heavy atom. The van der Waals surface area contributed by atoms with E-state index < -0.39 is 5.41 Å². The third-order valence-electron chi connectivity index (χ3n) is 2.78. The second-order valence-corrected chi connectivity index (χ2v) is 4.12. The summed E-state index contributed by atoms with van der Waals surface area (Å²) in [6.07, 6.45) is 0.244. The molecule has 0 aliphatic carbocycles. The normalized spacial score (nSPS) is 25.1. The van der Waals surface area contributed by atoms with Crippen LogP contribution in [0, 0.1) is 5.41 Å². The quantitative estimate of drug-likeness (QED) is 0.653. The fraction of sp³-hybridized carbons (Fsp3) is 0.800. The van der Waals surface area contributed by atoms with E-state index in [9.17, 15) is 9.59 Å². The van der Waals surface area contributed by atoms with Gasteiger partial charge in [-0.1, -0.05) is 0 Å². The minimum absolute atomic E-state index is 0.0446. The maximum Gasteiger partial charge on any atom is 0.230 e. The minimum Gasteiger partial charge on any atom is -0.395 e. The Kier molecular flexibility index (Phi) is 3.68. The predicted molar refractivity (Wildman–Crippen MR) is 55.1 cm³/mol. The Labute approximate surface area is 89.4 Å². The van der Waals surface area contributed by atoms with Gasteiger partial charge in [0.25, 0.3) is 0 Å². The van der Waals surface area contributed by atoms with Gasteiger partial charge in [-0.3, -0.25) is 9.59 Å². The van der Waals surface area contributed by atoms with Crippen molar-refractivity contribution in [2.45, 2.75) is 20.3 Å². The molecule has 5 nitrogen and oxygen atoms in total. The highest BCUT2D eigenvalue weighted by Crippen LogP contribution is 2.27. The molecule has 0 bridgehead atoms. The van der Waals surface area contributed by atoms with Gasteiger partial charge in [-0.05, 0) is 13.8 Å². The first-order chi connectivity index (χ1) is 7.03. The summed E-state index contributed by atoms with van der Waals surface area (Å²) >= 11 is 0. The summed E-state index contributed by atoms with van der Waals surface area (Å²) in [6, 6.07) is 0. The number of hydrogen-bond acceptors (Lipinski definition) is 3. The molecule has 86 valence electrons. The minimum atomic E-state index is -0.637. The molecule has 0 saturated carbocycles. The number of amides is 2. The molecule has 2 N–H and O–H groups in total. The van der Waals surface area contributed by atoms with Gasteiger partial charge in [0.2, 0.25) is 11.8 Å². The van der Waals surface area contributed by atoms with E-state index in [1.165, 1.54) is 0 Å². The number of aliphatic hydroxyl groups excluding tert-OH is 1. The van der Waals surface area contributed by atoms with Gasteiger partial charge in [-0.2, -0.15) is 0 Å². The first-order valence-electron chi connectivity index (χ1n) is 5.20. The zero-order chi connectivity index (χ0) is 11.5. The Balaban J connectivity index is 2.69. The molecular formula is C10H18N2O3. The van der Waals surface area contributed by atoms with E-state index in [-0.39, 0.29) is 24.8 Å². The van der Waals surface area contributed by atoms with Crippen LogP contribution in [0.5, 0.6) is 0 Å². The molecule has 2 amide bonds. The van der Waals surface area contributed by atoms with Gasteiger partial charge in [0.05, 0.1) is 12.0 Å². The lowest BCUT2D eigenvalue weighted by atomic mass is 9.88. The lowest BCUT2D eigenvalue weighted by Gasteiger charge is -2.29. The zero-order valence-corrected chi connectivity index (χ0v) is 9.25. The first-order valence-corrected chi connectivity index (χ1v) is 5.20. The van der Waals surface area contributed by atoms with Gasteiger partial charge in [-0.25, -0.2) is 0 Å². The molecule has 1 fully saturated rings. The molecule has 1 heterocycles. The topological polar surface area (TPSA) is 69.6 Å². The maximum atomic E-state index is 12.1. The maximum absolute atomic E-state index is 12.1. The number of hydrogen-bond donors (Lipinski definition) is 2. The van der Waals surface area contributed by atoms with Crippen molar-refractivity contribution in [3.05, 3.63) is 0 Å². The summed E-state index contributed by atoms with van der Waals surface area (Å²) in [4.78, 5) is 24.7. The van der Waals surface area contributed by atoms with Crippen LogP contribution in [0.15, 0.2) is 0 Å². The summed E-state index contributed by atoms with van der Waals surface area (Å²) in [5.41, 5.74) is -0.637. The highest BCUT2D eigenvalue weighted by atomic mass is 16.3. The van der Waals surface area contributed by atoms with Gasteiger partial charge in [0.15, 0.2) is 0 Å². The van der Waals surface area contributed by atoms with Crippen LogP contribution in [0.4, 0.5) is 0 Å². The largest absolute Gasteiger partial charge is 0.395 e. The molecule has 0 aromatic carbocycles. The SMILES string of the molecule is CCN(CCO)C(=O)C1(C)CNC(=O)C1. The highest BCUT2D eigenvalue weighted by molar-refractivity contribution is 5.92. The van der Waals surface area contributed by atoms with E-state index in [1.807, 2.05) is 6.92 Å². The zero-order valence-electron chi connectivity index (χ0n) is 9.25. The van der Waals surface area contributed by atoms with Gasteiger partial charge >= 0.3 is 0 Å². The van der Waals surface area contributed by atoms with Crippen LogP contribution in [0.2, 0.25) is 0 Å². The van der Waals surface area contributed by atoms with Crippen molar-refractivity contribution >= 4 is 11.8 Å². The van der Waals surface area contributed by atoms with Crippen molar-refractivity contribution in [1.29, 1.82) is 0 Å². The van der Waals surface area contributed by atoms with Crippen LogP contribution in [0.25, 0.3) is 0 Å². The molecule has 0 radical (unpaired) electrons. The molecule has 0 aromatic heterocycles. The lowest BCUT2D eigenvalue weighted by molar-refractivity contribution is -0.141. The van der Waals surface area contributed by atoms with Crippen LogP contribution >= 0.6 is 0 Å². The summed E-state index contributed by atoms with van der Waals surface area (Å²) in [6.45, 7) is 4.89. The number of nitrogens with one attached hydrogen (secondary N) is 1. The van der Waals surface area contributed by atoms with Crippen LogP contribution in [-0.4, -0.2) is 48.1 Å². The number of aliphatic hydroxyl groups is 1. The van der Waals surface area contributed by atoms with Gasteiger partial charge in [0, 0.05) is 26.1 Å². The number of nitrogens with zero attached hydrogens (tertiary/aromatic N) is 1. The van der Waals surface area contributed by atoms with Crippen molar-refractivity contribution < 1.29 is 14.7 Å². The monoisotopic (exact) mass is 214 g/mol. The Bertz CT molecular complexity index is 267. The summed E-state index contributed by atoms with van der Waals surface area (Å²) in [7, 11) is 0. The molecule has 1 saturated heterocycles. The average molecular weight is 214 g/mol. The van der Waals surface area contributed by atoms with Gasteiger partial charge in [0.1, 0.15) is 0 Å². The molecule has 5 heteroatoms. The van der Waals surface area contributed by atoms with Crippen LogP contribution in [0.1, 0.15) is 20.3 Å². The van der Waals surface area contributed by atoms with Crippen molar-refractivity contribution in [1.82, 2.24) is 10.2 Å². The lowest BCUT2D eigenvalue weighted by Crippen LogP contribution is -2.44. The smallest absolute Gasteiger partial charge is 0.230 e. The van der Waals surface area contributed by atoms with E-state index in [4.69, 9.17) is 5.11 Å². The molecular weight excluding hydrogens is 196 g/mol. The van der Waals surface area contributed by atoms with Crippen LogP contribution in [0.3, 0.4) is 0 Å². The predicted octanol–water partition coefficient (Wildman–Crippen LogP) is -0.647. The molecule has 1 atom stereocenters. The third-order valence-corrected chi connectivity index (χ3v) is 2.78. The second kappa shape index (κ2) is 4.61. The van der Waals surface area contributed by atoms with E-state index in [0.717, 1.165) is 0 Å². The molecule has 0 aromatic rings. The summed E-state index contributed by atoms with van der Waals surface area (Å²) < 4.78 is 0. The molecule has 1 aliphatic rings. The fourth-order valence-electron chi connectivity index (χ4n) is 1.83. The van der Waals surface area contributed by atoms with Gasteiger partial charge < -0.3 is 15.3 Å². The fourth-order valence-corrected chi connectivity index (χ4v) is 1.83. The standard InChI is InChI=1S/C10H18N2O3/c1-3-12(4-5-13)9(15)10(2)6-8(14)11-7-10/h13H,3-7H2,1-2H3,(H,11,14). The van der Waals surface area contributed by atoms with Crippen LogP contribution < -0.4 is 5.32 Å². The summed E-state index contributed by atoms with van der Waals surface area (Å²) in [5.74, 6) is -0.136. The second-order valence-electron chi connectivity index (χ2n) is 4.12. The molecule has 15 heavy (non-hydrogen) atoms. The van der Waals surface area contributed by atoms with Crippen molar-refractivity contribution in [2.75, 3.05) is 26.2 Å². The number of carbonyl (C=O) groups excluding carboxylic acids is 2. The van der Waals surface area contributed by atoms with Crippen molar-refractivity contribution in [3.8, 4) is 0 Å².